The van der Waals surface area contributed by atoms with Crippen molar-refractivity contribution in [2.24, 2.45) is 11.3 Å². The van der Waals surface area contributed by atoms with E-state index in [4.69, 9.17) is 0 Å². The number of piperidine rings is 1. The lowest BCUT2D eigenvalue weighted by Gasteiger charge is -2.38. The van der Waals surface area contributed by atoms with Crippen LogP contribution in [0, 0.1) is 11.3 Å². The molecule has 3 heteroatoms. The van der Waals surface area contributed by atoms with E-state index in [1.807, 2.05) is 18.5 Å². The maximum atomic E-state index is 4.30. The third kappa shape index (κ3) is 2.52. The van der Waals surface area contributed by atoms with Crippen molar-refractivity contribution >= 4 is 5.95 Å². The van der Waals surface area contributed by atoms with Crippen LogP contribution in [0.3, 0.4) is 0 Å². The molecule has 0 unspecified atom stereocenters. The number of hydrogen-bond donors (Lipinski definition) is 0. The van der Waals surface area contributed by atoms with Gasteiger partial charge in [0, 0.05) is 25.5 Å². The average Bonchev–Trinajstić information content (AvgIpc) is 2.29. The zero-order chi connectivity index (χ0) is 11.6. The second-order valence-electron chi connectivity index (χ2n) is 5.68. The molecule has 0 radical (unpaired) electrons. The van der Waals surface area contributed by atoms with Crippen LogP contribution in [0.15, 0.2) is 18.5 Å². The van der Waals surface area contributed by atoms with Crippen LogP contribution in [-0.2, 0) is 0 Å². The Morgan fingerprint density at radius 1 is 1.12 bits per heavy atom. The molecule has 1 aromatic rings. The molecule has 3 nitrogen and oxygen atoms in total. The molecular weight excluding hydrogens is 198 g/mol. The lowest BCUT2D eigenvalue weighted by atomic mass is 9.75. The first-order valence-corrected chi connectivity index (χ1v) is 6.09. The van der Waals surface area contributed by atoms with Crippen molar-refractivity contribution < 1.29 is 0 Å². The minimum Gasteiger partial charge on any atom is -0.341 e. The van der Waals surface area contributed by atoms with Crippen molar-refractivity contribution in [3.8, 4) is 0 Å². The van der Waals surface area contributed by atoms with E-state index >= 15 is 0 Å². The summed E-state index contributed by atoms with van der Waals surface area (Å²) in [4.78, 5) is 10.9. The normalized spacial score (nSPS) is 18.8. The zero-order valence-electron chi connectivity index (χ0n) is 10.5. The van der Waals surface area contributed by atoms with Crippen LogP contribution in [0.2, 0.25) is 0 Å². The SMILES string of the molecule is CC(C)(C)C1CCN(c2ncccn2)CC1. The topological polar surface area (TPSA) is 29.0 Å². The Bertz CT molecular complexity index is 321. The maximum absolute atomic E-state index is 4.30. The smallest absolute Gasteiger partial charge is 0.225 e. The summed E-state index contributed by atoms with van der Waals surface area (Å²) in [6, 6.07) is 1.87. The van der Waals surface area contributed by atoms with Gasteiger partial charge in [-0.25, -0.2) is 9.97 Å². The van der Waals surface area contributed by atoms with Crippen LogP contribution in [0.1, 0.15) is 33.6 Å². The van der Waals surface area contributed by atoms with Crippen LogP contribution in [-0.4, -0.2) is 23.1 Å². The molecule has 1 fully saturated rings. The third-order valence-electron chi connectivity index (χ3n) is 3.55. The van der Waals surface area contributed by atoms with Crippen LogP contribution < -0.4 is 4.90 Å². The summed E-state index contributed by atoms with van der Waals surface area (Å²) in [5.41, 5.74) is 0.434. The Hall–Kier alpha value is -1.12. The van der Waals surface area contributed by atoms with Crippen LogP contribution in [0.5, 0.6) is 0 Å². The first-order valence-electron chi connectivity index (χ1n) is 6.09. The average molecular weight is 219 g/mol. The van der Waals surface area contributed by atoms with E-state index in [9.17, 15) is 0 Å². The summed E-state index contributed by atoms with van der Waals surface area (Å²) in [7, 11) is 0. The summed E-state index contributed by atoms with van der Waals surface area (Å²) in [5.74, 6) is 1.71. The highest BCUT2D eigenvalue weighted by Gasteiger charge is 2.29. The van der Waals surface area contributed by atoms with Crippen molar-refractivity contribution in [1.82, 2.24) is 9.97 Å². The maximum Gasteiger partial charge on any atom is 0.225 e. The number of anilines is 1. The van der Waals surface area contributed by atoms with Gasteiger partial charge in [-0.15, -0.1) is 0 Å². The minimum absolute atomic E-state index is 0.434. The summed E-state index contributed by atoms with van der Waals surface area (Å²) in [6.07, 6.45) is 6.14. The van der Waals surface area contributed by atoms with Gasteiger partial charge in [0.15, 0.2) is 0 Å². The zero-order valence-corrected chi connectivity index (χ0v) is 10.5. The summed E-state index contributed by atoms with van der Waals surface area (Å²) >= 11 is 0. The third-order valence-corrected chi connectivity index (χ3v) is 3.55. The molecule has 2 heterocycles. The van der Waals surface area contributed by atoms with Gasteiger partial charge in [-0.2, -0.15) is 0 Å². The van der Waals surface area contributed by atoms with Gasteiger partial charge >= 0.3 is 0 Å². The Labute approximate surface area is 97.9 Å². The van der Waals surface area contributed by atoms with E-state index in [-0.39, 0.29) is 0 Å². The lowest BCUT2D eigenvalue weighted by Crippen LogP contribution is -2.38. The molecule has 0 amide bonds. The van der Waals surface area contributed by atoms with Gasteiger partial charge in [0.05, 0.1) is 0 Å². The quantitative estimate of drug-likeness (QED) is 0.727. The van der Waals surface area contributed by atoms with Gasteiger partial charge in [-0.3, -0.25) is 0 Å². The van der Waals surface area contributed by atoms with Gasteiger partial charge in [0.1, 0.15) is 0 Å². The molecular formula is C13H21N3. The molecule has 1 aliphatic rings. The highest BCUT2D eigenvalue weighted by molar-refractivity contribution is 5.28. The fourth-order valence-electron chi connectivity index (χ4n) is 2.40. The molecule has 0 saturated carbocycles. The van der Waals surface area contributed by atoms with Gasteiger partial charge in [-0.05, 0) is 30.2 Å². The van der Waals surface area contributed by atoms with Gasteiger partial charge in [0.25, 0.3) is 0 Å². The molecule has 0 spiro atoms. The Kier molecular flexibility index (Phi) is 3.13. The molecule has 88 valence electrons. The Morgan fingerprint density at radius 3 is 2.19 bits per heavy atom. The van der Waals surface area contributed by atoms with E-state index in [0.717, 1.165) is 25.0 Å². The first kappa shape index (κ1) is 11.4. The lowest BCUT2D eigenvalue weighted by molar-refractivity contribution is 0.198. The second-order valence-corrected chi connectivity index (χ2v) is 5.68. The van der Waals surface area contributed by atoms with E-state index < -0.39 is 0 Å². The van der Waals surface area contributed by atoms with Crippen molar-refractivity contribution in [3.05, 3.63) is 18.5 Å². The molecule has 1 aliphatic heterocycles. The molecule has 0 aromatic carbocycles. The molecule has 0 bridgehead atoms. The summed E-state index contributed by atoms with van der Waals surface area (Å²) < 4.78 is 0. The molecule has 1 saturated heterocycles. The predicted molar refractivity (Wildman–Crippen MR) is 66.4 cm³/mol. The number of rotatable bonds is 1. The molecule has 0 aliphatic carbocycles. The number of nitrogens with zero attached hydrogens (tertiary/aromatic N) is 3. The fourth-order valence-corrected chi connectivity index (χ4v) is 2.40. The first-order chi connectivity index (χ1) is 7.57. The van der Waals surface area contributed by atoms with E-state index in [0.29, 0.717) is 5.41 Å². The Morgan fingerprint density at radius 2 is 1.69 bits per heavy atom. The molecule has 16 heavy (non-hydrogen) atoms. The summed E-state index contributed by atoms with van der Waals surface area (Å²) in [6.45, 7) is 9.20. The highest BCUT2D eigenvalue weighted by Crippen LogP contribution is 2.34. The van der Waals surface area contributed by atoms with E-state index in [1.165, 1.54) is 12.8 Å². The second kappa shape index (κ2) is 4.40. The van der Waals surface area contributed by atoms with Crippen LogP contribution in [0.25, 0.3) is 0 Å². The van der Waals surface area contributed by atoms with Crippen molar-refractivity contribution in [2.45, 2.75) is 33.6 Å². The fraction of sp³-hybridized carbons (Fsp3) is 0.692. The van der Waals surface area contributed by atoms with Gasteiger partial charge in [0.2, 0.25) is 5.95 Å². The number of aromatic nitrogens is 2. The molecule has 0 N–H and O–H groups in total. The minimum atomic E-state index is 0.434. The van der Waals surface area contributed by atoms with Gasteiger partial charge in [-0.1, -0.05) is 20.8 Å². The highest BCUT2D eigenvalue weighted by atomic mass is 15.2. The monoisotopic (exact) mass is 219 g/mol. The van der Waals surface area contributed by atoms with E-state index in [2.05, 4.69) is 35.6 Å². The van der Waals surface area contributed by atoms with Crippen molar-refractivity contribution in [2.75, 3.05) is 18.0 Å². The van der Waals surface area contributed by atoms with Crippen LogP contribution in [0.4, 0.5) is 5.95 Å². The van der Waals surface area contributed by atoms with Crippen molar-refractivity contribution in [1.29, 1.82) is 0 Å². The van der Waals surface area contributed by atoms with Gasteiger partial charge < -0.3 is 4.90 Å². The molecule has 0 atom stereocenters. The van der Waals surface area contributed by atoms with Crippen LogP contribution >= 0.6 is 0 Å². The Balaban J connectivity index is 1.96. The standard InChI is InChI=1S/C13H21N3/c1-13(2,3)11-5-9-16(10-6-11)12-14-7-4-8-15-12/h4,7-8,11H,5-6,9-10H2,1-3H3. The number of hydrogen-bond acceptors (Lipinski definition) is 3. The molecule has 2 rings (SSSR count). The van der Waals surface area contributed by atoms with Crippen molar-refractivity contribution in [3.63, 3.8) is 0 Å². The van der Waals surface area contributed by atoms with E-state index in [1.54, 1.807) is 0 Å². The summed E-state index contributed by atoms with van der Waals surface area (Å²) in [5, 5.41) is 0. The predicted octanol–water partition coefficient (Wildman–Crippen LogP) is 2.74. The largest absolute Gasteiger partial charge is 0.341 e. The molecule has 1 aromatic heterocycles.